The first kappa shape index (κ1) is 23.3. The second-order valence-corrected chi connectivity index (χ2v) is 7.51. The van der Waals surface area contributed by atoms with Crippen molar-refractivity contribution in [2.45, 2.75) is 26.9 Å². The van der Waals surface area contributed by atoms with E-state index in [2.05, 4.69) is 10.6 Å². The van der Waals surface area contributed by atoms with Crippen LogP contribution in [-0.4, -0.2) is 23.5 Å². The van der Waals surface area contributed by atoms with E-state index in [4.69, 9.17) is 4.74 Å². The minimum absolute atomic E-state index is 0.0175. The molecule has 1 heterocycles. The molecule has 168 valence electrons. The van der Waals surface area contributed by atoms with E-state index >= 15 is 0 Å². The molecule has 1 aromatic heterocycles. The molecule has 8 nitrogen and oxygen atoms in total. The molecule has 0 fully saturated rings. The molecule has 0 saturated carbocycles. The Morgan fingerprint density at radius 1 is 1.09 bits per heavy atom. The van der Waals surface area contributed by atoms with Gasteiger partial charge in [0.15, 0.2) is 0 Å². The van der Waals surface area contributed by atoms with E-state index in [0.717, 1.165) is 11.3 Å². The van der Waals surface area contributed by atoms with E-state index in [1.807, 2.05) is 30.3 Å². The maximum absolute atomic E-state index is 12.6. The zero-order chi connectivity index (χ0) is 24.0. The van der Waals surface area contributed by atoms with Crippen LogP contribution >= 0.6 is 0 Å². The quantitative estimate of drug-likeness (QED) is 0.582. The summed E-state index contributed by atoms with van der Waals surface area (Å²) < 4.78 is 6.38. The fraction of sp³-hybridized carbons (Fsp3) is 0.200. The van der Waals surface area contributed by atoms with Crippen LogP contribution in [0.25, 0.3) is 0 Å². The molecule has 3 rings (SSSR count). The van der Waals surface area contributed by atoms with Gasteiger partial charge in [0.1, 0.15) is 23.9 Å². The third-order valence-corrected chi connectivity index (χ3v) is 5.14. The summed E-state index contributed by atoms with van der Waals surface area (Å²) >= 11 is 0. The molecule has 0 aliphatic rings. The minimum atomic E-state index is -0.503. The summed E-state index contributed by atoms with van der Waals surface area (Å²) in [6.07, 6.45) is 0. The number of carbonyl (C=O) groups excluding carboxylic acids is 2. The number of ether oxygens (including phenoxy) is 1. The van der Waals surface area contributed by atoms with Gasteiger partial charge in [-0.25, -0.2) is 0 Å². The van der Waals surface area contributed by atoms with Crippen LogP contribution in [0, 0.1) is 25.2 Å². The Labute approximate surface area is 191 Å². The molecule has 3 aromatic rings. The molecule has 2 aromatic carbocycles. The lowest BCUT2D eigenvalue weighted by Crippen LogP contribution is -2.31. The molecular weight excluding hydrogens is 420 g/mol. The molecule has 33 heavy (non-hydrogen) atoms. The Kier molecular flexibility index (Phi) is 7.26. The third-order valence-electron chi connectivity index (χ3n) is 5.14. The van der Waals surface area contributed by atoms with E-state index in [9.17, 15) is 19.6 Å². The van der Waals surface area contributed by atoms with Crippen molar-refractivity contribution in [3.8, 4) is 11.8 Å². The van der Waals surface area contributed by atoms with Crippen LogP contribution in [0.3, 0.4) is 0 Å². The van der Waals surface area contributed by atoms with Gasteiger partial charge >= 0.3 is 0 Å². The Balaban J connectivity index is 1.66. The van der Waals surface area contributed by atoms with Crippen LogP contribution < -0.4 is 20.9 Å². The van der Waals surface area contributed by atoms with Crippen LogP contribution in [-0.2, 0) is 17.9 Å². The lowest BCUT2D eigenvalue weighted by atomic mass is 10.1. The number of nitrogens with one attached hydrogen (secondary N) is 2. The molecule has 0 aliphatic carbocycles. The maximum atomic E-state index is 12.6. The fourth-order valence-corrected chi connectivity index (χ4v) is 3.37. The van der Waals surface area contributed by atoms with Crippen molar-refractivity contribution in [1.82, 2.24) is 9.88 Å². The largest absolute Gasteiger partial charge is 0.497 e. The summed E-state index contributed by atoms with van der Waals surface area (Å²) in [6.45, 7) is 3.49. The molecule has 0 atom stereocenters. The third kappa shape index (κ3) is 5.66. The molecule has 0 radical (unpaired) electrons. The number of benzene rings is 2. The average Bonchev–Trinajstić information content (AvgIpc) is 2.81. The maximum Gasteiger partial charge on any atom is 0.269 e. The second kappa shape index (κ2) is 10.3. The number of rotatable bonds is 7. The van der Waals surface area contributed by atoms with Crippen molar-refractivity contribution < 1.29 is 14.3 Å². The summed E-state index contributed by atoms with van der Waals surface area (Å²) in [6, 6.07) is 17.5. The first-order valence-corrected chi connectivity index (χ1v) is 10.2. The van der Waals surface area contributed by atoms with Gasteiger partial charge in [-0.2, -0.15) is 5.26 Å². The van der Waals surface area contributed by atoms with Gasteiger partial charge in [0.2, 0.25) is 5.91 Å². The fourth-order valence-electron chi connectivity index (χ4n) is 3.37. The number of aryl methyl sites for hydroxylation is 2. The summed E-state index contributed by atoms with van der Waals surface area (Å²) in [5.41, 5.74) is 2.40. The van der Waals surface area contributed by atoms with Crippen molar-refractivity contribution >= 4 is 17.5 Å². The van der Waals surface area contributed by atoms with Gasteiger partial charge in [0.25, 0.3) is 11.5 Å². The van der Waals surface area contributed by atoms with Gasteiger partial charge < -0.3 is 19.9 Å². The molecule has 0 spiro atoms. The van der Waals surface area contributed by atoms with E-state index in [0.29, 0.717) is 29.1 Å². The molecule has 8 heteroatoms. The van der Waals surface area contributed by atoms with Gasteiger partial charge in [-0.05, 0) is 61.4 Å². The Morgan fingerprint density at radius 2 is 1.82 bits per heavy atom. The number of methoxy groups -OCH3 is 1. The summed E-state index contributed by atoms with van der Waals surface area (Å²) in [4.78, 5) is 37.6. The van der Waals surface area contributed by atoms with E-state index in [-0.39, 0.29) is 18.0 Å². The number of anilines is 1. The average molecular weight is 444 g/mol. The zero-order valence-corrected chi connectivity index (χ0v) is 18.6. The lowest BCUT2D eigenvalue weighted by molar-refractivity contribution is -0.116. The number of carbonyl (C=O) groups is 2. The van der Waals surface area contributed by atoms with Crippen molar-refractivity contribution in [2.24, 2.45) is 0 Å². The number of aromatic nitrogens is 1. The lowest BCUT2D eigenvalue weighted by Gasteiger charge is -2.13. The number of nitriles is 1. The minimum Gasteiger partial charge on any atom is -0.497 e. The van der Waals surface area contributed by atoms with Crippen LogP contribution in [0.5, 0.6) is 5.75 Å². The van der Waals surface area contributed by atoms with Gasteiger partial charge in [-0.3, -0.25) is 14.4 Å². The van der Waals surface area contributed by atoms with Crippen LogP contribution in [0.4, 0.5) is 5.69 Å². The Hall–Kier alpha value is -4.38. The van der Waals surface area contributed by atoms with E-state index < -0.39 is 11.5 Å². The summed E-state index contributed by atoms with van der Waals surface area (Å²) in [5.74, 6) is 0.00960. The number of nitrogens with zero attached hydrogens (tertiary/aromatic N) is 2. The van der Waals surface area contributed by atoms with Crippen LogP contribution in [0.2, 0.25) is 0 Å². The predicted octanol–water partition coefficient (Wildman–Crippen LogP) is 2.91. The van der Waals surface area contributed by atoms with Gasteiger partial charge in [-0.1, -0.05) is 18.2 Å². The van der Waals surface area contributed by atoms with Crippen LogP contribution in [0.1, 0.15) is 32.7 Å². The van der Waals surface area contributed by atoms with E-state index in [1.165, 1.54) is 4.57 Å². The molecule has 0 unspecified atom stereocenters. The highest BCUT2D eigenvalue weighted by Gasteiger charge is 2.14. The van der Waals surface area contributed by atoms with Crippen molar-refractivity contribution in [3.05, 3.63) is 92.9 Å². The molecule has 0 aliphatic heterocycles. The van der Waals surface area contributed by atoms with Crippen LogP contribution in [0.15, 0.2) is 59.4 Å². The van der Waals surface area contributed by atoms with Gasteiger partial charge in [0.05, 0.1) is 7.11 Å². The molecule has 2 amide bonds. The van der Waals surface area contributed by atoms with Gasteiger partial charge in [0, 0.05) is 23.5 Å². The highest BCUT2D eigenvalue weighted by molar-refractivity contribution is 5.97. The predicted molar refractivity (Wildman–Crippen MR) is 124 cm³/mol. The highest BCUT2D eigenvalue weighted by Crippen LogP contribution is 2.13. The number of hydrogen-bond donors (Lipinski definition) is 2. The summed E-state index contributed by atoms with van der Waals surface area (Å²) in [7, 11) is 1.59. The molecule has 0 saturated heterocycles. The molecular formula is C25H24N4O4. The normalized spacial score (nSPS) is 10.2. The highest BCUT2D eigenvalue weighted by atomic mass is 16.5. The monoisotopic (exact) mass is 444 g/mol. The molecule has 0 bridgehead atoms. The SMILES string of the molecule is COc1ccc(CNC(=O)c2cccc(NC(=O)Cn3c(C)cc(C)c(C#N)c3=O)c2)cc1. The zero-order valence-electron chi connectivity index (χ0n) is 18.6. The van der Waals surface area contributed by atoms with Crippen molar-refractivity contribution in [1.29, 1.82) is 5.26 Å². The Morgan fingerprint density at radius 3 is 2.48 bits per heavy atom. The number of pyridine rings is 1. The smallest absolute Gasteiger partial charge is 0.269 e. The number of hydrogen-bond acceptors (Lipinski definition) is 5. The first-order valence-electron chi connectivity index (χ1n) is 10.2. The summed E-state index contributed by atoms with van der Waals surface area (Å²) in [5, 5.41) is 14.7. The Bertz CT molecular complexity index is 1290. The molecule has 2 N–H and O–H groups in total. The van der Waals surface area contributed by atoms with Crippen molar-refractivity contribution in [3.63, 3.8) is 0 Å². The van der Waals surface area contributed by atoms with Crippen molar-refractivity contribution in [2.75, 3.05) is 12.4 Å². The standard InChI is InChI=1S/C25H24N4O4/c1-16-11-17(2)29(25(32)22(16)13-26)15-23(30)28-20-6-4-5-19(12-20)24(31)27-14-18-7-9-21(33-3)10-8-18/h4-12H,14-15H2,1-3H3,(H,27,31)(H,28,30). The van der Waals surface area contributed by atoms with Gasteiger partial charge in [-0.15, -0.1) is 0 Å². The van der Waals surface area contributed by atoms with E-state index in [1.54, 1.807) is 51.3 Å². The topological polar surface area (TPSA) is 113 Å². The number of amides is 2. The first-order chi connectivity index (χ1) is 15.8. The second-order valence-electron chi connectivity index (χ2n) is 7.51.